The second-order valence-electron chi connectivity index (χ2n) is 7.32. The second kappa shape index (κ2) is 9.35. The first-order chi connectivity index (χ1) is 15.9. The third-order valence-electron chi connectivity index (χ3n) is 5.12. The SMILES string of the molecule is COc1ccc(Oc2ccc(S(=O)(=O)N[C@H](Cc3c[nH]c4ccccc34)C(=O)O)cc2)cc1. The van der Waals surface area contributed by atoms with Gasteiger partial charge < -0.3 is 19.6 Å². The van der Waals surface area contributed by atoms with Gasteiger partial charge in [0.2, 0.25) is 10.0 Å². The van der Waals surface area contributed by atoms with Gasteiger partial charge in [-0.15, -0.1) is 0 Å². The van der Waals surface area contributed by atoms with Crippen LogP contribution in [0.4, 0.5) is 0 Å². The van der Waals surface area contributed by atoms with Crippen molar-refractivity contribution in [2.24, 2.45) is 0 Å². The lowest BCUT2D eigenvalue weighted by Gasteiger charge is -2.15. The predicted molar refractivity (Wildman–Crippen MR) is 123 cm³/mol. The first kappa shape index (κ1) is 22.4. The van der Waals surface area contributed by atoms with Crippen molar-refractivity contribution in [1.82, 2.24) is 9.71 Å². The summed E-state index contributed by atoms with van der Waals surface area (Å²) in [6.45, 7) is 0. The number of carboxylic acids is 1. The molecule has 4 rings (SSSR count). The van der Waals surface area contributed by atoms with Crippen molar-refractivity contribution in [2.75, 3.05) is 7.11 Å². The number of hydrogen-bond donors (Lipinski definition) is 3. The molecule has 3 N–H and O–H groups in total. The minimum absolute atomic E-state index is 0.00274. The molecule has 0 aliphatic rings. The van der Waals surface area contributed by atoms with Crippen LogP contribution in [0.25, 0.3) is 10.9 Å². The molecule has 3 aromatic carbocycles. The van der Waals surface area contributed by atoms with Gasteiger partial charge in [-0.2, -0.15) is 4.72 Å². The van der Waals surface area contributed by atoms with Crippen LogP contribution in [-0.4, -0.2) is 37.6 Å². The van der Waals surface area contributed by atoms with Gasteiger partial charge in [-0.05, 0) is 60.2 Å². The summed E-state index contributed by atoms with van der Waals surface area (Å²) in [5.74, 6) is 0.431. The number of hydrogen-bond acceptors (Lipinski definition) is 5. The van der Waals surface area contributed by atoms with E-state index in [0.29, 0.717) is 22.8 Å². The molecule has 0 fully saturated rings. The quantitative estimate of drug-likeness (QED) is 0.344. The fraction of sp³-hybridized carbons (Fsp3) is 0.125. The fourth-order valence-corrected chi connectivity index (χ4v) is 4.61. The van der Waals surface area contributed by atoms with E-state index in [0.717, 1.165) is 10.9 Å². The van der Waals surface area contributed by atoms with Crippen molar-refractivity contribution < 1.29 is 27.8 Å². The zero-order chi connectivity index (χ0) is 23.4. The lowest BCUT2D eigenvalue weighted by atomic mass is 10.1. The van der Waals surface area contributed by atoms with Crippen LogP contribution >= 0.6 is 0 Å². The fourth-order valence-electron chi connectivity index (χ4n) is 3.42. The molecule has 0 unspecified atom stereocenters. The largest absolute Gasteiger partial charge is 0.497 e. The van der Waals surface area contributed by atoms with E-state index in [1.165, 1.54) is 24.3 Å². The highest BCUT2D eigenvalue weighted by Gasteiger charge is 2.26. The summed E-state index contributed by atoms with van der Waals surface area (Å²) in [4.78, 5) is 14.8. The summed E-state index contributed by atoms with van der Waals surface area (Å²) < 4.78 is 38.8. The number of carbonyl (C=O) groups is 1. The zero-order valence-corrected chi connectivity index (χ0v) is 18.5. The van der Waals surface area contributed by atoms with Crippen LogP contribution in [0.15, 0.2) is 83.9 Å². The zero-order valence-electron chi connectivity index (χ0n) is 17.7. The molecule has 1 atom stereocenters. The van der Waals surface area contributed by atoms with E-state index in [9.17, 15) is 18.3 Å². The average molecular weight is 467 g/mol. The summed E-state index contributed by atoms with van der Waals surface area (Å²) >= 11 is 0. The Hall–Kier alpha value is -3.82. The molecule has 4 aromatic rings. The smallest absolute Gasteiger partial charge is 0.322 e. The molecular formula is C24H22N2O6S. The highest BCUT2D eigenvalue weighted by Crippen LogP contribution is 2.25. The van der Waals surface area contributed by atoms with Crippen LogP contribution in [0, 0.1) is 0 Å². The van der Waals surface area contributed by atoms with E-state index in [1.54, 1.807) is 37.6 Å². The number of H-pyrrole nitrogens is 1. The minimum Gasteiger partial charge on any atom is -0.497 e. The predicted octanol–water partition coefficient (Wildman–Crippen LogP) is 3.94. The molecule has 0 radical (unpaired) electrons. The first-order valence-electron chi connectivity index (χ1n) is 10.1. The molecule has 0 aliphatic heterocycles. The number of rotatable bonds is 9. The molecule has 0 spiro atoms. The first-order valence-corrected chi connectivity index (χ1v) is 11.6. The van der Waals surface area contributed by atoms with E-state index in [-0.39, 0.29) is 11.3 Å². The Kier molecular flexibility index (Phi) is 6.34. The topological polar surface area (TPSA) is 118 Å². The van der Waals surface area contributed by atoms with Crippen LogP contribution in [0.1, 0.15) is 5.56 Å². The Morgan fingerprint density at radius 1 is 0.970 bits per heavy atom. The number of para-hydroxylation sites is 1. The molecule has 170 valence electrons. The van der Waals surface area contributed by atoms with E-state index in [4.69, 9.17) is 9.47 Å². The molecule has 0 saturated carbocycles. The Balaban J connectivity index is 1.48. The second-order valence-corrected chi connectivity index (χ2v) is 9.04. The van der Waals surface area contributed by atoms with Crippen molar-refractivity contribution in [1.29, 1.82) is 0 Å². The normalized spacial score (nSPS) is 12.4. The number of ether oxygens (including phenoxy) is 2. The molecule has 1 aromatic heterocycles. The lowest BCUT2D eigenvalue weighted by molar-refractivity contribution is -0.138. The number of fused-ring (bicyclic) bond motifs is 1. The summed E-state index contributed by atoms with van der Waals surface area (Å²) in [5.41, 5.74) is 1.57. The molecular weight excluding hydrogens is 444 g/mol. The van der Waals surface area contributed by atoms with Gasteiger partial charge in [-0.25, -0.2) is 8.42 Å². The van der Waals surface area contributed by atoms with Crippen LogP contribution in [0.3, 0.4) is 0 Å². The Labute approximate surface area is 190 Å². The standard InChI is InChI=1S/C24H22N2O6S/c1-31-17-6-8-18(9-7-17)32-19-10-12-20(13-11-19)33(29,30)26-23(24(27)28)14-16-15-25-22-5-3-2-4-21(16)22/h2-13,15,23,25-26H,14H2,1H3,(H,27,28)/t23-/m1/s1. The maximum Gasteiger partial charge on any atom is 0.322 e. The van der Waals surface area contributed by atoms with Gasteiger partial charge in [-0.3, -0.25) is 4.79 Å². The van der Waals surface area contributed by atoms with Gasteiger partial charge in [0.05, 0.1) is 12.0 Å². The van der Waals surface area contributed by atoms with E-state index in [2.05, 4.69) is 9.71 Å². The molecule has 0 aliphatic carbocycles. The number of aromatic amines is 1. The number of sulfonamides is 1. The van der Waals surface area contributed by atoms with Crippen LogP contribution < -0.4 is 14.2 Å². The third kappa shape index (κ3) is 5.16. The minimum atomic E-state index is -4.07. The van der Waals surface area contributed by atoms with Crippen molar-refractivity contribution in [2.45, 2.75) is 17.4 Å². The number of nitrogens with one attached hydrogen (secondary N) is 2. The van der Waals surface area contributed by atoms with Crippen molar-refractivity contribution in [3.63, 3.8) is 0 Å². The Morgan fingerprint density at radius 2 is 1.58 bits per heavy atom. The average Bonchev–Trinajstić information content (AvgIpc) is 3.22. The van der Waals surface area contributed by atoms with Crippen molar-refractivity contribution in [3.05, 3.63) is 84.6 Å². The van der Waals surface area contributed by atoms with E-state index >= 15 is 0 Å². The number of carboxylic acid groups (broad SMARTS) is 1. The number of benzene rings is 3. The lowest BCUT2D eigenvalue weighted by Crippen LogP contribution is -2.42. The molecule has 0 saturated heterocycles. The van der Waals surface area contributed by atoms with Crippen LogP contribution in [0.2, 0.25) is 0 Å². The third-order valence-corrected chi connectivity index (χ3v) is 6.61. The summed E-state index contributed by atoms with van der Waals surface area (Å²) in [7, 11) is -2.50. The van der Waals surface area contributed by atoms with E-state index < -0.39 is 22.0 Å². The Bertz CT molecular complexity index is 1360. The number of aliphatic carboxylic acids is 1. The van der Waals surface area contributed by atoms with Crippen molar-refractivity contribution in [3.8, 4) is 17.2 Å². The van der Waals surface area contributed by atoms with Gasteiger partial charge in [0, 0.05) is 23.5 Å². The van der Waals surface area contributed by atoms with Crippen LogP contribution in [0.5, 0.6) is 17.2 Å². The van der Waals surface area contributed by atoms with Gasteiger partial charge in [0.25, 0.3) is 0 Å². The highest BCUT2D eigenvalue weighted by molar-refractivity contribution is 7.89. The molecule has 0 bridgehead atoms. The van der Waals surface area contributed by atoms with Gasteiger partial charge in [0.1, 0.15) is 23.3 Å². The monoisotopic (exact) mass is 466 g/mol. The summed E-state index contributed by atoms with van der Waals surface area (Å²) in [6.07, 6.45) is 1.69. The highest BCUT2D eigenvalue weighted by atomic mass is 32.2. The number of aromatic nitrogens is 1. The number of methoxy groups -OCH3 is 1. The van der Waals surface area contributed by atoms with Crippen molar-refractivity contribution >= 4 is 26.9 Å². The van der Waals surface area contributed by atoms with Crippen LogP contribution in [-0.2, 0) is 21.2 Å². The van der Waals surface area contributed by atoms with E-state index in [1.807, 2.05) is 24.3 Å². The van der Waals surface area contributed by atoms with Gasteiger partial charge in [-0.1, -0.05) is 18.2 Å². The molecule has 0 amide bonds. The maximum absolute atomic E-state index is 12.8. The molecule has 1 heterocycles. The molecule has 9 heteroatoms. The van der Waals surface area contributed by atoms with Gasteiger partial charge in [0.15, 0.2) is 0 Å². The summed E-state index contributed by atoms with van der Waals surface area (Å²) in [6, 6.07) is 18.8. The van der Waals surface area contributed by atoms with Gasteiger partial charge >= 0.3 is 5.97 Å². The molecule has 8 nitrogen and oxygen atoms in total. The maximum atomic E-state index is 12.8. The summed E-state index contributed by atoms with van der Waals surface area (Å²) in [5, 5.41) is 10.5. The Morgan fingerprint density at radius 3 is 2.21 bits per heavy atom. The molecule has 33 heavy (non-hydrogen) atoms.